The Labute approximate surface area is 194 Å². The van der Waals surface area contributed by atoms with Crippen LogP contribution in [0.3, 0.4) is 0 Å². The normalized spacial score (nSPS) is 22.6. The summed E-state index contributed by atoms with van der Waals surface area (Å²) in [5, 5.41) is 17.1. The number of nitrogens with one attached hydrogen (secondary N) is 2. The number of rotatable bonds is 4. The minimum Gasteiger partial charge on any atom is -0.383 e. The summed E-state index contributed by atoms with van der Waals surface area (Å²) in [4.78, 5) is 16.1. The van der Waals surface area contributed by atoms with Crippen LogP contribution in [0.25, 0.3) is 11.1 Å². The Bertz CT molecular complexity index is 1110. The molecule has 0 saturated carbocycles. The fourth-order valence-corrected chi connectivity index (χ4v) is 5.09. The van der Waals surface area contributed by atoms with Crippen LogP contribution in [0.2, 0.25) is 0 Å². The number of hydrogen-bond donors (Lipinski definition) is 2. The summed E-state index contributed by atoms with van der Waals surface area (Å²) < 4.78 is 7.36. The van der Waals surface area contributed by atoms with Crippen LogP contribution in [0.1, 0.15) is 38.2 Å². The number of hydrogen-bond acceptors (Lipinski definition) is 5. The van der Waals surface area contributed by atoms with E-state index in [2.05, 4.69) is 40.4 Å². The molecule has 1 fully saturated rings. The third-order valence-electron chi connectivity index (χ3n) is 7.00. The number of nitrogens with zero attached hydrogens (tertiary/aromatic N) is 4. The quantitative estimate of drug-likeness (QED) is 0.555. The molecule has 0 bridgehead atoms. The zero-order valence-electron chi connectivity index (χ0n) is 19.6. The first-order chi connectivity index (χ1) is 15.9. The Kier molecular flexibility index (Phi) is 5.70. The van der Waals surface area contributed by atoms with Gasteiger partial charge >= 0.3 is 0 Å². The van der Waals surface area contributed by atoms with Gasteiger partial charge in [0.15, 0.2) is 0 Å². The van der Waals surface area contributed by atoms with E-state index < -0.39 is 0 Å². The highest BCUT2D eigenvalue weighted by atomic mass is 16.5. The van der Waals surface area contributed by atoms with E-state index in [1.165, 1.54) is 5.56 Å². The van der Waals surface area contributed by atoms with E-state index in [0.717, 1.165) is 54.1 Å². The van der Waals surface area contributed by atoms with E-state index in [0.29, 0.717) is 31.4 Å². The van der Waals surface area contributed by atoms with E-state index in [9.17, 15) is 10.2 Å². The van der Waals surface area contributed by atoms with Crippen LogP contribution in [0, 0.1) is 5.41 Å². The highest BCUT2D eigenvalue weighted by Crippen LogP contribution is 2.40. The molecular formula is C25H32N6O2. The number of amidine groups is 1. The van der Waals surface area contributed by atoms with Gasteiger partial charge in [-0.2, -0.15) is 5.10 Å². The molecule has 1 saturated heterocycles. The molecular weight excluding hydrogens is 416 g/mol. The molecule has 2 N–H and O–H groups in total. The molecule has 1 aromatic carbocycles. The number of benzene rings is 1. The fourth-order valence-electron chi connectivity index (χ4n) is 5.09. The lowest BCUT2D eigenvalue weighted by atomic mass is 9.99. The summed E-state index contributed by atoms with van der Waals surface area (Å²) in [5.74, 6) is 0.853. The molecule has 5 rings (SSSR count). The number of carbonyl (C=O) groups excluding carboxylic acids is 1. The predicted molar refractivity (Wildman–Crippen MR) is 128 cm³/mol. The first-order valence-electron chi connectivity index (χ1n) is 11.7. The molecule has 8 nitrogen and oxygen atoms in total. The van der Waals surface area contributed by atoms with E-state index >= 15 is 0 Å². The number of aryl methyl sites for hydroxylation is 1. The zero-order valence-corrected chi connectivity index (χ0v) is 19.6. The van der Waals surface area contributed by atoms with Crippen molar-refractivity contribution in [3.8, 4) is 11.1 Å². The Hall–Kier alpha value is -3.13. The molecule has 2 aromatic rings. The van der Waals surface area contributed by atoms with Crippen molar-refractivity contribution in [2.75, 3.05) is 37.7 Å². The van der Waals surface area contributed by atoms with Gasteiger partial charge < -0.3 is 19.9 Å². The van der Waals surface area contributed by atoms with Gasteiger partial charge in [0.2, 0.25) is 5.91 Å². The standard InChI is InChI=1S/C25H32N6O2/c1-16-12-31(24-5-4-18(10-21(16)24)19-11-27-29(3)13-19)25(26)22-14-30(17(2)32)8-6-23(22)28-20-7-9-33-15-20/h4-5,10-11,13,16,20,26,28H,6-9,12,14-15H2,1-3H3/t16-,20?/m1/s1. The van der Waals surface area contributed by atoms with Crippen molar-refractivity contribution < 1.29 is 9.53 Å². The lowest BCUT2D eigenvalue weighted by Crippen LogP contribution is -2.45. The molecule has 3 aliphatic rings. The van der Waals surface area contributed by atoms with E-state index in [1.54, 1.807) is 6.92 Å². The second-order valence-electron chi connectivity index (χ2n) is 9.39. The molecule has 1 amide bonds. The lowest BCUT2D eigenvalue weighted by Gasteiger charge is -2.34. The van der Waals surface area contributed by atoms with E-state index in [1.807, 2.05) is 29.0 Å². The summed E-state index contributed by atoms with van der Waals surface area (Å²) in [6.45, 7) is 7.20. The number of anilines is 1. The van der Waals surface area contributed by atoms with E-state index in [-0.39, 0.29) is 11.9 Å². The average Bonchev–Trinajstić information content (AvgIpc) is 3.54. The largest absolute Gasteiger partial charge is 0.383 e. The number of aromatic nitrogens is 2. The van der Waals surface area contributed by atoms with Crippen LogP contribution < -0.4 is 10.2 Å². The van der Waals surface area contributed by atoms with Crippen LogP contribution in [-0.2, 0) is 16.6 Å². The van der Waals surface area contributed by atoms with Gasteiger partial charge in [-0.3, -0.25) is 14.9 Å². The Morgan fingerprint density at radius 3 is 2.85 bits per heavy atom. The highest BCUT2D eigenvalue weighted by Gasteiger charge is 2.33. The summed E-state index contributed by atoms with van der Waals surface area (Å²) >= 11 is 0. The Morgan fingerprint density at radius 2 is 2.15 bits per heavy atom. The third kappa shape index (κ3) is 4.15. The minimum atomic E-state index is 0.0554. The molecule has 174 valence electrons. The first kappa shape index (κ1) is 21.7. The molecule has 3 aliphatic heterocycles. The summed E-state index contributed by atoms with van der Waals surface area (Å²) in [5.41, 5.74) is 6.57. The molecule has 4 heterocycles. The van der Waals surface area contributed by atoms with Crippen molar-refractivity contribution >= 4 is 17.4 Å². The van der Waals surface area contributed by atoms with Crippen molar-refractivity contribution in [1.82, 2.24) is 20.0 Å². The fraction of sp³-hybridized carbons (Fsp3) is 0.480. The number of ether oxygens (including phenoxy) is 1. The van der Waals surface area contributed by atoms with Crippen LogP contribution in [-0.4, -0.2) is 65.3 Å². The lowest BCUT2D eigenvalue weighted by molar-refractivity contribution is -0.128. The van der Waals surface area contributed by atoms with Gasteiger partial charge in [0.1, 0.15) is 5.84 Å². The van der Waals surface area contributed by atoms with Crippen molar-refractivity contribution in [3.05, 3.63) is 47.4 Å². The molecule has 8 heteroatoms. The molecule has 1 aromatic heterocycles. The highest BCUT2D eigenvalue weighted by molar-refractivity contribution is 6.10. The van der Waals surface area contributed by atoms with Gasteiger partial charge in [-0.25, -0.2) is 0 Å². The molecule has 0 spiro atoms. The Balaban J connectivity index is 1.46. The van der Waals surface area contributed by atoms with Crippen LogP contribution >= 0.6 is 0 Å². The van der Waals surface area contributed by atoms with Gasteiger partial charge in [0, 0.05) is 74.7 Å². The van der Waals surface area contributed by atoms with Gasteiger partial charge in [-0.15, -0.1) is 0 Å². The molecule has 33 heavy (non-hydrogen) atoms. The van der Waals surface area contributed by atoms with Gasteiger partial charge in [-0.05, 0) is 29.7 Å². The summed E-state index contributed by atoms with van der Waals surface area (Å²) in [7, 11) is 1.92. The van der Waals surface area contributed by atoms with Crippen LogP contribution in [0.4, 0.5) is 5.69 Å². The van der Waals surface area contributed by atoms with Crippen molar-refractivity contribution in [2.24, 2.45) is 7.05 Å². The third-order valence-corrected chi connectivity index (χ3v) is 7.00. The van der Waals surface area contributed by atoms with Gasteiger partial charge in [0.25, 0.3) is 0 Å². The Morgan fingerprint density at radius 1 is 1.30 bits per heavy atom. The predicted octanol–water partition coefficient (Wildman–Crippen LogP) is 2.87. The summed E-state index contributed by atoms with van der Waals surface area (Å²) in [6, 6.07) is 6.75. The second kappa shape index (κ2) is 8.67. The van der Waals surface area contributed by atoms with Gasteiger partial charge in [0.05, 0.1) is 25.4 Å². The molecule has 1 unspecified atom stereocenters. The maximum Gasteiger partial charge on any atom is 0.219 e. The molecule has 2 atom stereocenters. The van der Waals surface area contributed by atoms with Crippen LogP contribution in [0.15, 0.2) is 41.9 Å². The number of amides is 1. The van der Waals surface area contributed by atoms with Crippen LogP contribution in [0.5, 0.6) is 0 Å². The monoisotopic (exact) mass is 448 g/mol. The zero-order chi connectivity index (χ0) is 23.1. The molecule has 0 radical (unpaired) electrons. The maximum atomic E-state index is 12.1. The van der Waals surface area contributed by atoms with E-state index in [4.69, 9.17) is 4.74 Å². The average molecular weight is 449 g/mol. The number of fused-ring (bicyclic) bond motifs is 1. The maximum absolute atomic E-state index is 12.1. The van der Waals surface area contributed by atoms with Gasteiger partial charge in [-0.1, -0.05) is 13.0 Å². The van der Waals surface area contributed by atoms with Crippen molar-refractivity contribution in [2.45, 2.75) is 38.6 Å². The second-order valence-corrected chi connectivity index (χ2v) is 9.39. The summed E-state index contributed by atoms with van der Waals surface area (Å²) in [6.07, 6.45) is 5.62. The molecule has 0 aliphatic carbocycles. The SMILES string of the molecule is CC(=O)N1CCC(NC2CCOC2)=C(C(=N)N2C[C@@H](C)c3cc(-c4cnn(C)c4)ccc32)C1. The van der Waals surface area contributed by atoms with Crippen molar-refractivity contribution in [3.63, 3.8) is 0 Å². The first-order valence-corrected chi connectivity index (χ1v) is 11.7. The number of carbonyl (C=O) groups is 1. The topological polar surface area (TPSA) is 86.5 Å². The smallest absolute Gasteiger partial charge is 0.219 e. The minimum absolute atomic E-state index is 0.0554. The van der Waals surface area contributed by atoms with Crippen molar-refractivity contribution in [1.29, 1.82) is 5.41 Å².